The number of aliphatic carboxylic acids is 1. The number of nitrogens with zero attached hydrogens (tertiary/aromatic N) is 4. The van der Waals surface area contributed by atoms with E-state index in [-0.39, 0.29) is 10.1 Å². The maximum atomic E-state index is 11.9. The van der Waals surface area contributed by atoms with Crippen molar-refractivity contribution in [3.63, 3.8) is 0 Å². The van der Waals surface area contributed by atoms with Crippen LogP contribution in [0.1, 0.15) is 29.5 Å². The first kappa shape index (κ1) is 20.4. The molecule has 0 amide bonds. The van der Waals surface area contributed by atoms with Gasteiger partial charge >= 0.3 is 5.97 Å². The summed E-state index contributed by atoms with van der Waals surface area (Å²) in [6.07, 6.45) is 4.14. The number of aryl methyl sites for hydroxylation is 1. The van der Waals surface area contributed by atoms with Crippen LogP contribution < -0.4 is 0 Å². The lowest BCUT2D eigenvalue weighted by molar-refractivity contribution is -0.131. The second kappa shape index (κ2) is 8.90. The van der Waals surface area contributed by atoms with Gasteiger partial charge in [0.15, 0.2) is 0 Å². The SMILES string of the molecule is CCc1nnc(S/C(=C\c2cn(Cc3ccc(C#N)cc3)c3ccccc23)C(=O)O)o1. The lowest BCUT2D eigenvalue weighted by Crippen LogP contribution is -1.98. The highest BCUT2D eigenvalue weighted by Crippen LogP contribution is 2.31. The average Bonchev–Trinajstić information content (AvgIpc) is 3.38. The molecular weight excluding hydrogens is 412 g/mol. The topological polar surface area (TPSA) is 105 Å². The van der Waals surface area contributed by atoms with Gasteiger partial charge in [-0.1, -0.05) is 37.3 Å². The highest BCUT2D eigenvalue weighted by Gasteiger charge is 2.16. The molecule has 31 heavy (non-hydrogen) atoms. The molecule has 0 saturated heterocycles. The number of benzene rings is 2. The fourth-order valence-electron chi connectivity index (χ4n) is 3.19. The van der Waals surface area contributed by atoms with Gasteiger partial charge in [-0.05, 0) is 41.6 Å². The molecule has 7 nitrogen and oxygen atoms in total. The van der Waals surface area contributed by atoms with Gasteiger partial charge < -0.3 is 14.1 Å². The van der Waals surface area contributed by atoms with Crippen LogP contribution in [-0.4, -0.2) is 25.8 Å². The zero-order valence-corrected chi connectivity index (χ0v) is 17.5. The van der Waals surface area contributed by atoms with E-state index in [4.69, 9.17) is 9.68 Å². The van der Waals surface area contributed by atoms with Crippen molar-refractivity contribution in [1.29, 1.82) is 5.26 Å². The summed E-state index contributed by atoms with van der Waals surface area (Å²) in [6.45, 7) is 2.48. The van der Waals surface area contributed by atoms with Crippen molar-refractivity contribution in [1.82, 2.24) is 14.8 Å². The molecule has 2 aromatic heterocycles. The Bertz CT molecular complexity index is 1310. The molecular formula is C23H18N4O3S. The molecule has 4 aromatic rings. The van der Waals surface area contributed by atoms with Crippen molar-refractivity contribution in [3.8, 4) is 6.07 Å². The minimum absolute atomic E-state index is 0.0904. The molecule has 4 rings (SSSR count). The van der Waals surface area contributed by atoms with Gasteiger partial charge in [0.2, 0.25) is 5.89 Å². The van der Waals surface area contributed by atoms with E-state index in [9.17, 15) is 9.90 Å². The summed E-state index contributed by atoms with van der Waals surface area (Å²) in [7, 11) is 0. The van der Waals surface area contributed by atoms with Gasteiger partial charge in [0.25, 0.3) is 5.22 Å². The Balaban J connectivity index is 1.70. The van der Waals surface area contributed by atoms with Gasteiger partial charge in [-0.15, -0.1) is 10.2 Å². The van der Waals surface area contributed by atoms with E-state index >= 15 is 0 Å². The van der Waals surface area contributed by atoms with Gasteiger partial charge in [0, 0.05) is 35.6 Å². The first-order valence-electron chi connectivity index (χ1n) is 9.59. The molecule has 0 atom stereocenters. The Morgan fingerprint density at radius 1 is 1.23 bits per heavy atom. The van der Waals surface area contributed by atoms with Crippen molar-refractivity contribution >= 4 is 34.7 Å². The Morgan fingerprint density at radius 3 is 2.68 bits per heavy atom. The van der Waals surface area contributed by atoms with Crippen molar-refractivity contribution in [2.24, 2.45) is 0 Å². The second-order valence-electron chi connectivity index (χ2n) is 6.77. The minimum atomic E-state index is -1.06. The van der Waals surface area contributed by atoms with Crippen LogP contribution in [-0.2, 0) is 17.8 Å². The maximum absolute atomic E-state index is 11.9. The highest BCUT2D eigenvalue weighted by atomic mass is 32.2. The summed E-state index contributed by atoms with van der Waals surface area (Å²) >= 11 is 0.935. The third kappa shape index (κ3) is 4.52. The van der Waals surface area contributed by atoms with Crippen molar-refractivity contribution in [2.45, 2.75) is 25.1 Å². The quantitative estimate of drug-likeness (QED) is 0.334. The molecule has 2 aromatic carbocycles. The monoisotopic (exact) mass is 430 g/mol. The Kier molecular flexibility index (Phi) is 5.87. The van der Waals surface area contributed by atoms with E-state index in [1.165, 1.54) is 0 Å². The molecule has 1 N–H and O–H groups in total. The van der Waals surface area contributed by atoms with E-state index in [0.29, 0.717) is 24.4 Å². The first-order valence-corrected chi connectivity index (χ1v) is 10.4. The smallest absolute Gasteiger partial charge is 0.342 e. The number of carboxylic acid groups (broad SMARTS) is 1. The van der Waals surface area contributed by atoms with Crippen LogP contribution in [0, 0.1) is 11.3 Å². The number of para-hydroxylation sites is 1. The predicted molar refractivity (Wildman–Crippen MR) is 117 cm³/mol. The fraction of sp³-hybridized carbons (Fsp3) is 0.130. The summed E-state index contributed by atoms with van der Waals surface area (Å²) in [6, 6.07) is 17.4. The average molecular weight is 430 g/mol. The van der Waals surface area contributed by atoms with Gasteiger partial charge in [-0.25, -0.2) is 4.79 Å². The first-order chi connectivity index (χ1) is 15.1. The summed E-state index contributed by atoms with van der Waals surface area (Å²) in [5.74, 6) is -0.601. The van der Waals surface area contributed by atoms with Crippen LogP contribution in [0.5, 0.6) is 0 Å². The van der Waals surface area contributed by atoms with Crippen LogP contribution in [0.3, 0.4) is 0 Å². The molecule has 0 fully saturated rings. The van der Waals surface area contributed by atoms with E-state index < -0.39 is 5.97 Å². The number of hydrogen-bond donors (Lipinski definition) is 1. The summed E-state index contributed by atoms with van der Waals surface area (Å²) in [4.78, 5) is 12.0. The second-order valence-corrected chi connectivity index (χ2v) is 7.76. The predicted octanol–water partition coefficient (Wildman–Crippen LogP) is 4.72. The van der Waals surface area contributed by atoms with Crippen LogP contribution in [0.2, 0.25) is 0 Å². The maximum Gasteiger partial charge on any atom is 0.342 e. The Morgan fingerprint density at radius 2 is 2.00 bits per heavy atom. The lowest BCUT2D eigenvalue weighted by atomic mass is 10.1. The largest absolute Gasteiger partial charge is 0.477 e. The van der Waals surface area contributed by atoms with Gasteiger partial charge in [-0.3, -0.25) is 0 Å². The highest BCUT2D eigenvalue weighted by molar-refractivity contribution is 8.03. The lowest BCUT2D eigenvalue weighted by Gasteiger charge is -2.05. The number of nitriles is 1. The van der Waals surface area contributed by atoms with Crippen LogP contribution in [0.25, 0.3) is 17.0 Å². The third-order valence-electron chi connectivity index (χ3n) is 4.70. The number of carbonyl (C=O) groups is 1. The Labute approximate surface area is 182 Å². The number of aromatic nitrogens is 3. The molecule has 0 aliphatic rings. The summed E-state index contributed by atoms with van der Waals surface area (Å²) < 4.78 is 7.51. The molecule has 8 heteroatoms. The molecule has 0 unspecified atom stereocenters. The van der Waals surface area contributed by atoms with E-state index in [1.54, 1.807) is 18.2 Å². The van der Waals surface area contributed by atoms with Crippen molar-refractivity contribution in [3.05, 3.63) is 82.2 Å². The van der Waals surface area contributed by atoms with Gasteiger partial charge in [0.1, 0.15) is 4.91 Å². The summed E-state index contributed by atoms with van der Waals surface area (Å²) in [5.41, 5.74) is 3.42. The van der Waals surface area contributed by atoms with E-state index in [2.05, 4.69) is 20.8 Å². The molecule has 2 heterocycles. The molecule has 0 radical (unpaired) electrons. The normalized spacial score (nSPS) is 11.5. The van der Waals surface area contributed by atoms with Gasteiger partial charge in [0.05, 0.1) is 11.6 Å². The molecule has 154 valence electrons. The van der Waals surface area contributed by atoms with E-state index in [0.717, 1.165) is 33.8 Å². The zero-order chi connectivity index (χ0) is 21.8. The third-order valence-corrected chi connectivity index (χ3v) is 5.55. The molecule has 0 spiro atoms. The van der Waals surface area contributed by atoms with Crippen LogP contribution in [0.15, 0.2) is 69.3 Å². The van der Waals surface area contributed by atoms with Crippen LogP contribution in [0.4, 0.5) is 0 Å². The van der Waals surface area contributed by atoms with Crippen molar-refractivity contribution in [2.75, 3.05) is 0 Å². The standard InChI is InChI=1S/C23H18N4O3S/c1-2-21-25-26-23(30-21)31-20(22(28)29)11-17-14-27(19-6-4-3-5-18(17)19)13-16-9-7-15(12-24)8-10-16/h3-11,14H,2,13H2,1H3,(H,28,29)/b20-11-. The fourth-order valence-corrected chi connectivity index (χ4v) is 3.88. The van der Waals surface area contributed by atoms with Gasteiger partial charge in [-0.2, -0.15) is 5.26 Å². The molecule has 0 aliphatic heterocycles. The minimum Gasteiger partial charge on any atom is -0.477 e. The number of rotatable bonds is 7. The van der Waals surface area contributed by atoms with E-state index in [1.807, 2.05) is 49.5 Å². The molecule has 0 aliphatic carbocycles. The Hall–Kier alpha value is -3.83. The molecule has 0 bridgehead atoms. The number of thioether (sulfide) groups is 1. The van der Waals surface area contributed by atoms with Crippen LogP contribution >= 0.6 is 11.8 Å². The summed E-state index contributed by atoms with van der Waals surface area (Å²) in [5, 5.41) is 27.6. The number of carboxylic acids is 1. The number of fused-ring (bicyclic) bond motifs is 1. The molecule has 0 saturated carbocycles. The van der Waals surface area contributed by atoms with Crippen molar-refractivity contribution < 1.29 is 14.3 Å². The zero-order valence-electron chi connectivity index (χ0n) is 16.6. The number of hydrogen-bond acceptors (Lipinski definition) is 6.